The van der Waals surface area contributed by atoms with Crippen molar-refractivity contribution >= 4 is 0 Å². The first-order valence-electron chi connectivity index (χ1n) is 8.90. The highest BCUT2D eigenvalue weighted by atomic mass is 16.3. The zero-order valence-corrected chi connectivity index (χ0v) is 15.0. The topological polar surface area (TPSA) is 41.3 Å². The Bertz CT molecular complexity index is 642. The Morgan fingerprint density at radius 3 is 2.46 bits per heavy atom. The Kier molecular flexibility index (Phi) is 5.07. The number of piperidine rings is 1. The first-order chi connectivity index (χ1) is 11.5. The molecule has 4 nitrogen and oxygen atoms in total. The number of hydrogen-bond acceptors (Lipinski definition) is 3. The van der Waals surface area contributed by atoms with Gasteiger partial charge in [-0.2, -0.15) is 0 Å². The van der Waals surface area contributed by atoms with Gasteiger partial charge in [0.1, 0.15) is 11.9 Å². The van der Waals surface area contributed by atoms with E-state index in [1.165, 1.54) is 5.56 Å². The van der Waals surface area contributed by atoms with Gasteiger partial charge < -0.3 is 14.6 Å². The lowest BCUT2D eigenvalue weighted by Crippen LogP contribution is -2.42. The van der Waals surface area contributed by atoms with Crippen molar-refractivity contribution in [1.82, 2.24) is 14.5 Å². The minimum atomic E-state index is -0.450. The molecule has 2 aromatic rings. The van der Waals surface area contributed by atoms with Crippen LogP contribution >= 0.6 is 0 Å². The molecule has 1 saturated heterocycles. The predicted octanol–water partition coefficient (Wildman–Crippen LogP) is 3.14. The molecule has 0 aliphatic carbocycles. The summed E-state index contributed by atoms with van der Waals surface area (Å²) in [7, 11) is 1.95. The number of rotatable bonds is 5. The SMILES string of the molecule is Cn1ccnc1C(O)C1CCN(CC(C)(C)c2ccccc2)CC1. The molecule has 24 heavy (non-hydrogen) atoms. The highest BCUT2D eigenvalue weighted by Crippen LogP contribution is 2.32. The van der Waals surface area contributed by atoms with Crippen molar-refractivity contribution in [2.45, 2.75) is 38.2 Å². The van der Waals surface area contributed by atoms with Crippen LogP contribution in [0.15, 0.2) is 42.7 Å². The minimum Gasteiger partial charge on any atom is -0.385 e. The van der Waals surface area contributed by atoms with E-state index in [0.29, 0.717) is 5.92 Å². The molecule has 2 heterocycles. The maximum atomic E-state index is 10.6. The van der Waals surface area contributed by atoms with Crippen molar-refractivity contribution in [2.75, 3.05) is 19.6 Å². The van der Waals surface area contributed by atoms with Crippen LogP contribution in [-0.2, 0) is 12.5 Å². The second-order valence-electron chi connectivity index (χ2n) is 7.70. The van der Waals surface area contributed by atoms with Gasteiger partial charge in [-0.25, -0.2) is 4.98 Å². The molecule has 1 aromatic carbocycles. The highest BCUT2D eigenvalue weighted by molar-refractivity contribution is 5.24. The smallest absolute Gasteiger partial charge is 0.137 e. The van der Waals surface area contributed by atoms with Gasteiger partial charge in [0.25, 0.3) is 0 Å². The van der Waals surface area contributed by atoms with Crippen LogP contribution in [0.3, 0.4) is 0 Å². The van der Waals surface area contributed by atoms with Gasteiger partial charge in [-0.05, 0) is 37.4 Å². The summed E-state index contributed by atoms with van der Waals surface area (Å²) >= 11 is 0. The van der Waals surface area contributed by atoms with Gasteiger partial charge in [-0.15, -0.1) is 0 Å². The molecule has 1 N–H and O–H groups in total. The van der Waals surface area contributed by atoms with E-state index in [0.717, 1.165) is 38.3 Å². The molecule has 0 saturated carbocycles. The molecule has 0 spiro atoms. The number of aryl methyl sites for hydroxylation is 1. The molecule has 1 aliphatic heterocycles. The van der Waals surface area contributed by atoms with Gasteiger partial charge in [-0.3, -0.25) is 0 Å². The lowest BCUT2D eigenvalue weighted by molar-refractivity contribution is 0.0463. The van der Waals surface area contributed by atoms with Crippen molar-refractivity contribution in [1.29, 1.82) is 0 Å². The molecular weight excluding hydrogens is 298 g/mol. The highest BCUT2D eigenvalue weighted by Gasteiger charge is 2.31. The third-order valence-corrected chi connectivity index (χ3v) is 5.38. The molecule has 4 heteroatoms. The van der Waals surface area contributed by atoms with E-state index in [1.54, 1.807) is 6.20 Å². The molecule has 0 bridgehead atoms. The number of aliphatic hydroxyl groups excluding tert-OH is 1. The fourth-order valence-electron chi connectivity index (χ4n) is 3.84. The summed E-state index contributed by atoms with van der Waals surface area (Å²) < 4.78 is 1.93. The van der Waals surface area contributed by atoms with E-state index < -0.39 is 6.10 Å². The molecule has 1 aromatic heterocycles. The second-order valence-corrected chi connectivity index (χ2v) is 7.70. The molecule has 130 valence electrons. The summed E-state index contributed by atoms with van der Waals surface area (Å²) in [6.45, 7) is 7.78. The summed E-state index contributed by atoms with van der Waals surface area (Å²) in [6, 6.07) is 10.7. The minimum absolute atomic E-state index is 0.145. The number of imidazole rings is 1. The van der Waals surface area contributed by atoms with Crippen molar-refractivity contribution in [3.63, 3.8) is 0 Å². The van der Waals surface area contributed by atoms with Gasteiger partial charge >= 0.3 is 0 Å². The third-order valence-electron chi connectivity index (χ3n) is 5.38. The van der Waals surface area contributed by atoms with Crippen molar-refractivity contribution < 1.29 is 5.11 Å². The average molecular weight is 327 g/mol. The van der Waals surface area contributed by atoms with Crippen LogP contribution in [0.4, 0.5) is 0 Å². The quantitative estimate of drug-likeness (QED) is 0.917. The average Bonchev–Trinajstić information content (AvgIpc) is 3.01. The zero-order valence-electron chi connectivity index (χ0n) is 15.0. The number of nitrogens with zero attached hydrogens (tertiary/aromatic N) is 3. The van der Waals surface area contributed by atoms with Crippen molar-refractivity contribution in [3.8, 4) is 0 Å². The fraction of sp³-hybridized carbons (Fsp3) is 0.550. The Labute approximate surface area is 145 Å². The molecule has 0 amide bonds. The maximum Gasteiger partial charge on any atom is 0.137 e. The molecule has 1 aliphatic rings. The number of hydrogen-bond donors (Lipinski definition) is 1. The summed E-state index contributed by atoms with van der Waals surface area (Å²) in [5, 5.41) is 10.6. The first kappa shape index (κ1) is 17.2. The number of likely N-dealkylation sites (tertiary alicyclic amines) is 1. The van der Waals surface area contributed by atoms with Crippen molar-refractivity contribution in [3.05, 3.63) is 54.1 Å². The molecule has 1 fully saturated rings. The van der Waals surface area contributed by atoms with Crippen LogP contribution in [0.5, 0.6) is 0 Å². The fourth-order valence-corrected chi connectivity index (χ4v) is 3.84. The van der Waals surface area contributed by atoms with Crippen LogP contribution in [0.2, 0.25) is 0 Å². The lowest BCUT2D eigenvalue weighted by atomic mass is 9.83. The van der Waals surface area contributed by atoms with Gasteiger partial charge in [0.2, 0.25) is 0 Å². The largest absolute Gasteiger partial charge is 0.385 e. The van der Waals surface area contributed by atoms with Crippen LogP contribution in [-0.4, -0.2) is 39.2 Å². The van der Waals surface area contributed by atoms with E-state index in [9.17, 15) is 5.11 Å². The normalized spacial score (nSPS) is 18.7. The lowest BCUT2D eigenvalue weighted by Gasteiger charge is -2.38. The molecule has 0 radical (unpaired) electrons. The van der Waals surface area contributed by atoms with E-state index in [4.69, 9.17) is 0 Å². The van der Waals surface area contributed by atoms with Crippen molar-refractivity contribution in [2.24, 2.45) is 13.0 Å². The first-order valence-corrected chi connectivity index (χ1v) is 8.90. The Hall–Kier alpha value is -1.65. The molecule has 3 rings (SSSR count). The van der Waals surface area contributed by atoms with E-state index in [-0.39, 0.29) is 5.41 Å². The van der Waals surface area contributed by atoms with E-state index >= 15 is 0 Å². The summed E-state index contributed by atoms with van der Waals surface area (Å²) in [5.74, 6) is 1.10. The third kappa shape index (κ3) is 3.70. The summed E-state index contributed by atoms with van der Waals surface area (Å²) in [6.07, 6.45) is 5.26. The maximum absolute atomic E-state index is 10.6. The number of aliphatic hydroxyl groups is 1. The number of aromatic nitrogens is 2. The summed E-state index contributed by atoms with van der Waals surface area (Å²) in [5.41, 5.74) is 1.53. The van der Waals surface area contributed by atoms with Gasteiger partial charge in [-0.1, -0.05) is 44.2 Å². The number of benzene rings is 1. The molecule has 1 atom stereocenters. The van der Waals surface area contributed by atoms with E-state index in [2.05, 4.69) is 54.1 Å². The predicted molar refractivity (Wildman–Crippen MR) is 96.8 cm³/mol. The zero-order chi connectivity index (χ0) is 17.2. The monoisotopic (exact) mass is 327 g/mol. The molecular formula is C20H29N3O. The van der Waals surface area contributed by atoms with Crippen LogP contribution in [0.25, 0.3) is 0 Å². The van der Waals surface area contributed by atoms with Gasteiger partial charge in [0.15, 0.2) is 0 Å². The van der Waals surface area contributed by atoms with E-state index in [1.807, 2.05) is 17.8 Å². The van der Waals surface area contributed by atoms with Crippen LogP contribution in [0, 0.1) is 5.92 Å². The standard InChI is InChI=1S/C20H29N3O/c1-20(2,17-7-5-4-6-8-17)15-23-12-9-16(10-13-23)18(24)19-21-11-14-22(19)3/h4-8,11,14,16,18,24H,9-10,12-13,15H2,1-3H3. The van der Waals surface area contributed by atoms with Crippen LogP contribution in [0.1, 0.15) is 44.2 Å². The Morgan fingerprint density at radius 2 is 1.88 bits per heavy atom. The second kappa shape index (κ2) is 7.08. The Morgan fingerprint density at radius 1 is 1.21 bits per heavy atom. The van der Waals surface area contributed by atoms with Gasteiger partial charge in [0, 0.05) is 31.4 Å². The van der Waals surface area contributed by atoms with Crippen LogP contribution < -0.4 is 0 Å². The Balaban J connectivity index is 1.56. The van der Waals surface area contributed by atoms with Gasteiger partial charge in [0.05, 0.1) is 0 Å². The summed E-state index contributed by atoms with van der Waals surface area (Å²) in [4.78, 5) is 6.84. The molecule has 1 unspecified atom stereocenters.